The number of piperidine rings is 2. The molecule has 5 heterocycles. The van der Waals surface area contributed by atoms with Gasteiger partial charge in [0, 0.05) is 54.6 Å². The fraction of sp³-hybridized carbons (Fsp3) is 0.333. The molecule has 366 valence electrons. The van der Waals surface area contributed by atoms with E-state index in [9.17, 15) is 29.1 Å². The molecule has 2 aromatic heterocycles. The van der Waals surface area contributed by atoms with Crippen LogP contribution in [0.1, 0.15) is 88.5 Å². The number of likely N-dealkylation sites (tertiary alicyclic amines) is 1. The number of aryl methyl sites for hydroxylation is 1. The number of carboxylic acid groups (broad SMARTS) is 1. The van der Waals surface area contributed by atoms with Crippen LogP contribution in [0.3, 0.4) is 0 Å². The smallest absolute Gasteiger partial charge is 0.355 e. The fourth-order valence-electron chi connectivity index (χ4n) is 9.92. The number of imide groups is 1. The van der Waals surface area contributed by atoms with E-state index in [1.807, 2.05) is 84.6 Å². The van der Waals surface area contributed by atoms with Crippen molar-refractivity contribution in [2.75, 3.05) is 54.1 Å². The van der Waals surface area contributed by atoms with Gasteiger partial charge in [-0.05, 0) is 154 Å². The van der Waals surface area contributed by atoms with E-state index in [1.54, 1.807) is 25.2 Å². The average molecular weight is 976 g/mol. The van der Waals surface area contributed by atoms with Crippen LogP contribution in [0.25, 0.3) is 21.3 Å². The summed E-state index contributed by atoms with van der Waals surface area (Å²) in [6, 6.07) is 28.1. The molecule has 0 radical (unpaired) electrons. The third-order valence-corrected chi connectivity index (χ3v) is 14.7. The molecule has 3 aliphatic heterocycles. The second-order valence-electron chi connectivity index (χ2n) is 18.6. The lowest BCUT2D eigenvalue weighted by Crippen LogP contribution is -2.44. The van der Waals surface area contributed by atoms with Crippen LogP contribution < -0.4 is 30.9 Å². The number of hydrogen-bond acceptors (Lipinski definition) is 13. The Morgan fingerprint density at radius 2 is 1.70 bits per heavy atom. The molecule has 3 aliphatic rings. The largest absolute Gasteiger partial charge is 0.491 e. The maximum absolute atomic E-state index is 13.6. The number of ether oxygens (including phenoxy) is 1. The number of nitrogens with one attached hydrogen (secondary N) is 5. The molecule has 71 heavy (non-hydrogen) atoms. The van der Waals surface area contributed by atoms with Crippen LogP contribution in [-0.4, -0.2) is 94.6 Å². The number of aromatic carboxylic acids is 1. The molecule has 6 N–H and O–H groups in total. The van der Waals surface area contributed by atoms with Crippen molar-refractivity contribution in [3.8, 4) is 16.9 Å². The summed E-state index contributed by atoms with van der Waals surface area (Å²) < 4.78 is 7.37. The molecule has 0 saturated carbocycles. The molecule has 0 aliphatic carbocycles. The lowest BCUT2D eigenvalue weighted by atomic mass is 9.88. The minimum Gasteiger partial charge on any atom is -0.491 e. The van der Waals surface area contributed by atoms with Gasteiger partial charge in [-0.1, -0.05) is 41.7 Å². The Hall–Kier alpha value is -7.50. The van der Waals surface area contributed by atoms with Crippen LogP contribution in [-0.2, 0) is 27.3 Å². The molecule has 1 unspecified atom stereocenters. The number of hydrogen-bond donors (Lipinski definition) is 6. The van der Waals surface area contributed by atoms with Crippen molar-refractivity contribution in [1.82, 2.24) is 20.2 Å². The summed E-state index contributed by atoms with van der Waals surface area (Å²) in [5.74, 6) is -1.25. The van der Waals surface area contributed by atoms with Gasteiger partial charge >= 0.3 is 5.97 Å². The molecule has 4 amide bonds. The highest BCUT2D eigenvalue weighted by atomic mass is 32.1. The van der Waals surface area contributed by atoms with Crippen molar-refractivity contribution in [1.29, 1.82) is 5.41 Å². The highest BCUT2D eigenvalue weighted by Crippen LogP contribution is 2.35. The molecule has 2 fully saturated rings. The Morgan fingerprint density at radius 3 is 2.46 bits per heavy atom. The second-order valence-corrected chi connectivity index (χ2v) is 19.6. The minimum atomic E-state index is -1.13. The van der Waals surface area contributed by atoms with Crippen molar-refractivity contribution in [2.24, 2.45) is 11.8 Å². The SMILES string of the molecule is CNc1cc(NC(=O)CN2CCC(CC[C@H](C)Oc3ccc(-c4ccc(N5CCc6cccc(C(=O)Nc7nc8ccccc8s7)c6C5)nc4C(=O)O)c(C)c3)CC2)ccc1C(=N)C1CCC(=O)NC1=O. The number of carboxylic acids is 1. The second kappa shape index (κ2) is 21.2. The maximum Gasteiger partial charge on any atom is 0.355 e. The molecular formula is C54H57N9O7S. The Bertz CT molecular complexity index is 3020. The summed E-state index contributed by atoms with van der Waals surface area (Å²) >= 11 is 1.42. The first-order valence-corrected chi connectivity index (χ1v) is 24.9. The van der Waals surface area contributed by atoms with Crippen molar-refractivity contribution in [2.45, 2.75) is 71.4 Å². The van der Waals surface area contributed by atoms with Gasteiger partial charge in [-0.15, -0.1) is 0 Å². The Labute approximate surface area is 415 Å². The van der Waals surface area contributed by atoms with Crippen molar-refractivity contribution >= 4 is 79.2 Å². The summed E-state index contributed by atoms with van der Waals surface area (Å²) in [7, 11) is 1.72. The Balaban J connectivity index is 0.751. The highest BCUT2D eigenvalue weighted by Gasteiger charge is 2.32. The molecule has 16 nitrogen and oxygen atoms in total. The third kappa shape index (κ3) is 11.1. The van der Waals surface area contributed by atoms with Gasteiger partial charge in [0.15, 0.2) is 10.8 Å². The van der Waals surface area contributed by atoms with Gasteiger partial charge in [-0.25, -0.2) is 14.8 Å². The van der Waals surface area contributed by atoms with E-state index in [2.05, 4.69) is 38.1 Å². The monoisotopic (exact) mass is 975 g/mol. The molecule has 4 aromatic carbocycles. The maximum atomic E-state index is 13.6. The average Bonchev–Trinajstić information content (AvgIpc) is 3.78. The van der Waals surface area contributed by atoms with Crippen molar-refractivity contribution in [3.63, 3.8) is 0 Å². The zero-order valence-corrected chi connectivity index (χ0v) is 40.8. The van der Waals surface area contributed by atoms with Crippen LogP contribution in [0, 0.1) is 24.2 Å². The number of nitrogens with zero attached hydrogens (tertiary/aromatic N) is 4. The van der Waals surface area contributed by atoms with Crippen LogP contribution in [0.2, 0.25) is 0 Å². The first-order valence-electron chi connectivity index (χ1n) is 24.1. The molecule has 2 saturated heterocycles. The van der Waals surface area contributed by atoms with Gasteiger partial charge in [0.25, 0.3) is 5.91 Å². The Kier molecular flexibility index (Phi) is 14.5. The summed E-state index contributed by atoms with van der Waals surface area (Å²) in [6.45, 7) is 6.90. The fourth-order valence-corrected chi connectivity index (χ4v) is 10.8. The zero-order valence-electron chi connectivity index (χ0n) is 40.0. The van der Waals surface area contributed by atoms with Crippen molar-refractivity contribution in [3.05, 3.63) is 125 Å². The van der Waals surface area contributed by atoms with Crippen LogP contribution >= 0.6 is 11.3 Å². The highest BCUT2D eigenvalue weighted by molar-refractivity contribution is 7.22. The standard InChI is InChI=1S/C54H57N9O7S/c1-31-27-36(70-32(2)11-12-33-21-24-62(25-22-33)30-48(65)57-35-13-15-40(44(28-35)56-3)49(55)41-18-20-47(64)60-52(41)67)14-16-37(31)38-17-19-46(59-50(38)53(68)69)63-26-23-34-7-6-8-39(42(34)29-63)51(66)61-54-58-43-9-4-5-10-45(43)71-54/h4-10,13-17,19,27-28,32-33,41,55-56H,11-12,18,20-26,29-30H2,1-3H3,(H,57,65)(H,68,69)(H,58,61,66)(H,60,64,67)/t32-,41?/m0/s1. The number of aromatic nitrogens is 2. The van der Waals surface area contributed by atoms with Gasteiger partial charge < -0.3 is 30.8 Å². The number of benzene rings is 4. The number of carbonyl (C=O) groups is 5. The summed E-state index contributed by atoms with van der Waals surface area (Å²) in [4.78, 5) is 76.9. The topological polar surface area (TPSA) is 219 Å². The van der Waals surface area contributed by atoms with Gasteiger partial charge in [-0.3, -0.25) is 34.7 Å². The minimum absolute atomic E-state index is 0.0463. The lowest BCUT2D eigenvalue weighted by Gasteiger charge is -2.32. The summed E-state index contributed by atoms with van der Waals surface area (Å²) in [6.07, 6.45) is 4.91. The van der Waals surface area contributed by atoms with Gasteiger partial charge in [-0.2, -0.15) is 0 Å². The molecule has 9 rings (SSSR count). The molecule has 2 atom stereocenters. The van der Waals surface area contributed by atoms with E-state index in [4.69, 9.17) is 15.1 Å². The molecule has 6 aromatic rings. The Morgan fingerprint density at radius 1 is 0.901 bits per heavy atom. The predicted molar refractivity (Wildman–Crippen MR) is 276 cm³/mol. The van der Waals surface area contributed by atoms with Crippen molar-refractivity contribution < 1.29 is 33.8 Å². The van der Waals surface area contributed by atoms with Crippen LogP contribution in [0.4, 0.5) is 22.3 Å². The number of amides is 4. The number of carbonyl (C=O) groups excluding carboxylic acids is 4. The molecule has 0 spiro atoms. The lowest BCUT2D eigenvalue weighted by molar-refractivity contribution is -0.134. The number of rotatable bonds is 16. The predicted octanol–water partition coefficient (Wildman–Crippen LogP) is 8.54. The molecule has 17 heteroatoms. The van der Waals surface area contributed by atoms with E-state index < -0.39 is 17.8 Å². The normalized spacial score (nSPS) is 16.7. The first-order chi connectivity index (χ1) is 34.3. The number of anilines is 4. The van der Waals surface area contributed by atoms with Gasteiger partial charge in [0.2, 0.25) is 17.7 Å². The van der Waals surface area contributed by atoms with Crippen LogP contribution in [0.5, 0.6) is 5.75 Å². The van der Waals surface area contributed by atoms with E-state index in [-0.39, 0.29) is 54.6 Å². The van der Waals surface area contributed by atoms with Crippen LogP contribution in [0.15, 0.2) is 91.0 Å². The quantitative estimate of drug-likeness (QED) is 0.0397. The first kappa shape index (κ1) is 48.5. The summed E-state index contributed by atoms with van der Waals surface area (Å²) in [5, 5.41) is 31.0. The van der Waals surface area contributed by atoms with E-state index in [0.29, 0.717) is 70.2 Å². The van der Waals surface area contributed by atoms with E-state index in [1.165, 1.54) is 11.3 Å². The third-order valence-electron chi connectivity index (χ3n) is 13.8. The molecule has 0 bridgehead atoms. The zero-order chi connectivity index (χ0) is 49.8. The van der Waals surface area contributed by atoms with Gasteiger partial charge in [0.1, 0.15) is 11.6 Å². The number of fused-ring (bicyclic) bond motifs is 2. The molecular weight excluding hydrogens is 919 g/mol. The number of para-hydroxylation sites is 1. The van der Waals surface area contributed by atoms with E-state index in [0.717, 1.165) is 71.2 Å². The number of pyridine rings is 1. The summed E-state index contributed by atoms with van der Waals surface area (Å²) in [5.41, 5.74) is 7.29. The number of thiazole rings is 1. The van der Waals surface area contributed by atoms with E-state index >= 15 is 0 Å². The van der Waals surface area contributed by atoms with Gasteiger partial charge in [0.05, 0.1) is 34.5 Å².